The Morgan fingerprint density at radius 2 is 1.70 bits per heavy atom. The van der Waals surface area contributed by atoms with Crippen LogP contribution in [0.1, 0.15) is 25.0 Å². The molecule has 2 heterocycles. The molecule has 0 spiro atoms. The van der Waals surface area contributed by atoms with E-state index in [0.29, 0.717) is 19.6 Å². The van der Waals surface area contributed by atoms with Gasteiger partial charge in [-0.1, -0.05) is 48.2 Å². The maximum atomic E-state index is 13.5. The third-order valence-electron chi connectivity index (χ3n) is 6.16. The maximum absolute atomic E-state index is 13.5. The first-order valence-corrected chi connectivity index (χ1v) is 11.4. The van der Waals surface area contributed by atoms with E-state index in [9.17, 15) is 9.59 Å². The molecule has 2 aliphatic heterocycles. The number of nitrogens with zero attached hydrogens (tertiary/aromatic N) is 3. The number of aryl methyl sites for hydroxylation is 1. The summed E-state index contributed by atoms with van der Waals surface area (Å²) in [6, 6.07) is 16.3. The van der Waals surface area contributed by atoms with E-state index in [2.05, 4.69) is 36.1 Å². The number of thioether (sulfide) groups is 1. The molecule has 0 aliphatic carbocycles. The molecule has 5 nitrogen and oxygen atoms in total. The second kappa shape index (κ2) is 8.44. The number of carbonyl (C=O) groups excluding carboxylic acids is 2. The second-order valence-corrected chi connectivity index (χ2v) is 9.61. The number of amides is 2. The molecular formula is C24H29N3O2S. The standard InChI is InChI=1S/C24H29N3O2S/c1-4-27-20-11-7-8-12-21(20)30-24(3,23(27)29)22(28)26-15-13-25(14-16-26)17-19-10-6-5-9-18(19)2/h5-12H,4,13-17H2,1-3H3. The zero-order valence-corrected chi connectivity index (χ0v) is 18.7. The maximum Gasteiger partial charge on any atom is 0.252 e. The molecule has 1 fully saturated rings. The lowest BCUT2D eigenvalue weighted by Crippen LogP contribution is -2.60. The molecule has 0 saturated carbocycles. The smallest absolute Gasteiger partial charge is 0.252 e. The van der Waals surface area contributed by atoms with Gasteiger partial charge in [0.25, 0.3) is 5.91 Å². The van der Waals surface area contributed by atoms with Gasteiger partial charge in [0, 0.05) is 44.2 Å². The molecule has 2 amide bonds. The van der Waals surface area contributed by atoms with Gasteiger partial charge in [0.15, 0.2) is 4.75 Å². The monoisotopic (exact) mass is 423 g/mol. The third kappa shape index (κ3) is 3.74. The Morgan fingerprint density at radius 3 is 2.40 bits per heavy atom. The van der Waals surface area contributed by atoms with Crippen LogP contribution in [0.25, 0.3) is 0 Å². The molecule has 0 aromatic heterocycles. The lowest BCUT2D eigenvalue weighted by atomic mass is 10.0. The summed E-state index contributed by atoms with van der Waals surface area (Å²) in [4.78, 5) is 33.8. The highest BCUT2D eigenvalue weighted by Crippen LogP contribution is 2.46. The molecule has 1 atom stereocenters. The summed E-state index contributed by atoms with van der Waals surface area (Å²) in [6.45, 7) is 10.3. The van der Waals surface area contributed by atoms with Gasteiger partial charge in [0.2, 0.25) is 5.91 Å². The van der Waals surface area contributed by atoms with Gasteiger partial charge in [-0.25, -0.2) is 0 Å². The Kier molecular flexibility index (Phi) is 5.89. The molecule has 2 aromatic carbocycles. The van der Waals surface area contributed by atoms with Crippen molar-refractivity contribution in [3.05, 3.63) is 59.7 Å². The van der Waals surface area contributed by atoms with Crippen LogP contribution in [0.3, 0.4) is 0 Å². The highest BCUT2D eigenvalue weighted by Gasteiger charge is 2.50. The third-order valence-corrected chi connectivity index (χ3v) is 7.49. The summed E-state index contributed by atoms with van der Waals surface area (Å²) in [5.41, 5.74) is 3.53. The van der Waals surface area contributed by atoms with Crippen molar-refractivity contribution in [1.82, 2.24) is 9.80 Å². The van der Waals surface area contributed by atoms with Crippen molar-refractivity contribution in [3.8, 4) is 0 Å². The number of hydrogen-bond donors (Lipinski definition) is 0. The largest absolute Gasteiger partial charge is 0.338 e. The van der Waals surface area contributed by atoms with Crippen LogP contribution in [0.4, 0.5) is 5.69 Å². The molecule has 1 saturated heterocycles. The van der Waals surface area contributed by atoms with Crippen molar-refractivity contribution >= 4 is 29.3 Å². The van der Waals surface area contributed by atoms with Gasteiger partial charge < -0.3 is 9.80 Å². The molecule has 4 rings (SSSR count). The van der Waals surface area contributed by atoms with E-state index >= 15 is 0 Å². The molecule has 2 aromatic rings. The van der Waals surface area contributed by atoms with Crippen molar-refractivity contribution in [3.63, 3.8) is 0 Å². The molecule has 0 radical (unpaired) electrons. The average Bonchev–Trinajstić information content (AvgIpc) is 2.76. The van der Waals surface area contributed by atoms with Gasteiger partial charge in [0.1, 0.15) is 0 Å². The van der Waals surface area contributed by atoms with Gasteiger partial charge in [-0.05, 0) is 44.0 Å². The van der Waals surface area contributed by atoms with Crippen molar-refractivity contribution < 1.29 is 9.59 Å². The van der Waals surface area contributed by atoms with Crippen LogP contribution in [-0.4, -0.2) is 59.1 Å². The van der Waals surface area contributed by atoms with Crippen LogP contribution in [0.15, 0.2) is 53.4 Å². The van der Waals surface area contributed by atoms with Gasteiger partial charge >= 0.3 is 0 Å². The Morgan fingerprint density at radius 1 is 1.03 bits per heavy atom. The van der Waals surface area contributed by atoms with Crippen LogP contribution in [0, 0.1) is 6.92 Å². The number of para-hydroxylation sites is 1. The normalized spacial score (nSPS) is 22.2. The van der Waals surface area contributed by atoms with E-state index in [0.717, 1.165) is 30.2 Å². The second-order valence-electron chi connectivity index (χ2n) is 8.15. The van der Waals surface area contributed by atoms with Crippen molar-refractivity contribution in [1.29, 1.82) is 0 Å². The van der Waals surface area contributed by atoms with Crippen LogP contribution in [-0.2, 0) is 16.1 Å². The van der Waals surface area contributed by atoms with E-state index in [1.807, 2.05) is 36.1 Å². The highest BCUT2D eigenvalue weighted by atomic mass is 32.2. The van der Waals surface area contributed by atoms with Crippen molar-refractivity contribution in [2.75, 3.05) is 37.6 Å². The zero-order chi connectivity index (χ0) is 21.3. The van der Waals surface area contributed by atoms with Crippen LogP contribution in [0.2, 0.25) is 0 Å². The minimum absolute atomic E-state index is 0.0685. The van der Waals surface area contributed by atoms with Crippen LogP contribution < -0.4 is 4.90 Å². The summed E-state index contributed by atoms with van der Waals surface area (Å²) >= 11 is 1.40. The molecule has 1 unspecified atom stereocenters. The number of rotatable bonds is 4. The Hall–Kier alpha value is -2.31. The number of benzene rings is 2. The Balaban J connectivity index is 1.46. The number of anilines is 1. The fraction of sp³-hybridized carbons (Fsp3) is 0.417. The van der Waals surface area contributed by atoms with E-state index in [-0.39, 0.29) is 11.8 Å². The fourth-order valence-electron chi connectivity index (χ4n) is 4.29. The summed E-state index contributed by atoms with van der Waals surface area (Å²) < 4.78 is -1.11. The van der Waals surface area contributed by atoms with Gasteiger partial charge in [-0.2, -0.15) is 0 Å². The predicted octanol–water partition coefficient (Wildman–Crippen LogP) is 3.56. The van der Waals surface area contributed by atoms with Crippen LogP contribution >= 0.6 is 11.8 Å². The van der Waals surface area contributed by atoms with Gasteiger partial charge in [0.05, 0.1) is 5.69 Å². The molecule has 30 heavy (non-hydrogen) atoms. The molecule has 6 heteroatoms. The first-order chi connectivity index (χ1) is 14.4. The summed E-state index contributed by atoms with van der Waals surface area (Å²) in [5, 5.41) is 0. The highest BCUT2D eigenvalue weighted by molar-refractivity contribution is 8.02. The predicted molar refractivity (Wildman–Crippen MR) is 122 cm³/mol. The van der Waals surface area contributed by atoms with Crippen molar-refractivity contribution in [2.24, 2.45) is 0 Å². The van der Waals surface area contributed by atoms with Crippen LogP contribution in [0.5, 0.6) is 0 Å². The number of hydrogen-bond acceptors (Lipinski definition) is 4. The molecule has 0 N–H and O–H groups in total. The summed E-state index contributed by atoms with van der Waals surface area (Å²) in [5.74, 6) is -0.179. The molecular weight excluding hydrogens is 394 g/mol. The van der Waals surface area contributed by atoms with Gasteiger partial charge in [-0.15, -0.1) is 0 Å². The minimum atomic E-state index is -1.11. The zero-order valence-electron chi connectivity index (χ0n) is 17.9. The average molecular weight is 424 g/mol. The topological polar surface area (TPSA) is 43.9 Å². The number of carbonyl (C=O) groups is 2. The first kappa shape index (κ1) is 20.9. The van der Waals surface area contributed by atoms with Crippen molar-refractivity contribution in [2.45, 2.75) is 37.0 Å². The quantitative estimate of drug-likeness (QED) is 0.706. The summed E-state index contributed by atoms with van der Waals surface area (Å²) in [7, 11) is 0. The van der Waals surface area contributed by atoms with Gasteiger partial charge in [-0.3, -0.25) is 14.5 Å². The lowest BCUT2D eigenvalue weighted by molar-refractivity contribution is -0.139. The first-order valence-electron chi connectivity index (χ1n) is 10.6. The number of fused-ring (bicyclic) bond motifs is 1. The molecule has 2 aliphatic rings. The van der Waals surface area contributed by atoms with E-state index < -0.39 is 4.75 Å². The minimum Gasteiger partial charge on any atom is -0.338 e. The fourth-order valence-corrected chi connectivity index (χ4v) is 5.57. The van der Waals surface area contributed by atoms with E-state index in [1.54, 1.807) is 11.8 Å². The Labute approximate surface area is 183 Å². The SMILES string of the molecule is CCN1C(=O)C(C)(C(=O)N2CCN(Cc3ccccc3C)CC2)Sc2ccccc21. The Bertz CT molecular complexity index is 955. The lowest BCUT2D eigenvalue weighted by Gasteiger charge is -2.43. The number of piperazine rings is 1. The van der Waals surface area contributed by atoms with E-state index in [1.165, 1.54) is 22.9 Å². The summed E-state index contributed by atoms with van der Waals surface area (Å²) in [6.07, 6.45) is 0. The van der Waals surface area contributed by atoms with E-state index in [4.69, 9.17) is 0 Å². The molecule has 158 valence electrons. The molecule has 0 bridgehead atoms.